The average molecular weight is 557 g/mol. The molecule has 0 aromatic rings. The fraction of sp³-hybridized carbons (Fsp3) is 0.889. The maximum absolute atomic E-state index is 11.7. The Morgan fingerprint density at radius 1 is 0.950 bits per heavy atom. The van der Waals surface area contributed by atoms with Crippen LogP contribution >= 0.6 is 0 Å². The molecule has 40 heavy (non-hydrogen) atoms. The number of rotatable bonds is 8. The van der Waals surface area contributed by atoms with Crippen LogP contribution < -0.4 is 0 Å². The lowest BCUT2D eigenvalue weighted by Crippen LogP contribution is -2.55. The Labute approximate surface area is 245 Å². The molecule has 0 aromatic heterocycles. The first-order chi connectivity index (χ1) is 18.7. The van der Waals surface area contributed by atoms with Crippen LogP contribution in [0.2, 0.25) is 0 Å². The normalized spacial score (nSPS) is 49.3. The molecule has 12 atom stereocenters. The maximum atomic E-state index is 11.7. The number of aliphatic hydroxyl groups is 3. The van der Waals surface area contributed by atoms with Crippen LogP contribution in [0.4, 0.5) is 0 Å². The van der Waals surface area contributed by atoms with Crippen molar-refractivity contribution in [2.24, 2.45) is 52.3 Å². The zero-order chi connectivity index (χ0) is 29.1. The highest BCUT2D eigenvalue weighted by molar-refractivity contribution is 5.28. The lowest BCUT2D eigenvalue weighted by molar-refractivity contribution is -0.127. The molecule has 3 saturated carbocycles. The minimum Gasteiger partial charge on any atom is -0.396 e. The van der Waals surface area contributed by atoms with E-state index in [-0.39, 0.29) is 30.1 Å². The van der Waals surface area contributed by atoms with Crippen molar-refractivity contribution in [1.82, 2.24) is 0 Å². The van der Waals surface area contributed by atoms with Crippen LogP contribution in [0.5, 0.6) is 0 Å². The second-order valence-electron chi connectivity index (χ2n) is 16.4. The molecule has 0 aliphatic heterocycles. The summed E-state index contributed by atoms with van der Waals surface area (Å²) in [5.74, 6) is 3.75. The molecule has 3 fully saturated rings. The highest BCUT2D eigenvalue weighted by atomic mass is 16.5. The lowest BCUT2D eigenvalue weighted by atomic mass is 9.46. The van der Waals surface area contributed by atoms with Gasteiger partial charge in [-0.05, 0) is 112 Å². The SMILES string of the molecule is CC(C)CCCC(C)C1CCC2C3C(O)C=C4CC(OC5(C)C=CC(C)(O)C(CO)C5)CCC4(C)C3CCC12C. The highest BCUT2D eigenvalue weighted by Crippen LogP contribution is 2.67. The molecule has 0 spiro atoms. The van der Waals surface area contributed by atoms with Gasteiger partial charge in [-0.15, -0.1) is 0 Å². The second-order valence-corrected chi connectivity index (χ2v) is 16.4. The minimum absolute atomic E-state index is 0.0445. The van der Waals surface area contributed by atoms with E-state index in [2.05, 4.69) is 47.6 Å². The molecule has 3 N–H and O–H groups in total. The van der Waals surface area contributed by atoms with E-state index in [4.69, 9.17) is 4.74 Å². The smallest absolute Gasteiger partial charge is 0.0851 e. The molecule has 5 rings (SSSR count). The molecule has 0 radical (unpaired) electrons. The summed E-state index contributed by atoms with van der Waals surface area (Å²) < 4.78 is 6.75. The van der Waals surface area contributed by atoms with Gasteiger partial charge in [0.05, 0.1) is 23.4 Å². The Morgan fingerprint density at radius 2 is 1.70 bits per heavy atom. The fourth-order valence-corrected chi connectivity index (χ4v) is 10.7. The van der Waals surface area contributed by atoms with Crippen LogP contribution in [0.15, 0.2) is 23.8 Å². The van der Waals surface area contributed by atoms with Crippen LogP contribution in [-0.2, 0) is 4.74 Å². The van der Waals surface area contributed by atoms with Crippen LogP contribution in [0, 0.1) is 52.3 Å². The Balaban J connectivity index is 1.29. The second kappa shape index (κ2) is 11.1. The Kier molecular flexibility index (Phi) is 8.54. The number of hydrogen-bond donors (Lipinski definition) is 3. The van der Waals surface area contributed by atoms with E-state index < -0.39 is 11.2 Å². The molecule has 0 saturated heterocycles. The predicted octanol–water partition coefficient (Wildman–Crippen LogP) is 7.46. The quantitative estimate of drug-likeness (QED) is 0.271. The Morgan fingerprint density at radius 3 is 2.40 bits per heavy atom. The van der Waals surface area contributed by atoms with Gasteiger partial charge in [0.1, 0.15) is 0 Å². The first kappa shape index (κ1) is 30.8. The van der Waals surface area contributed by atoms with Gasteiger partial charge < -0.3 is 20.1 Å². The standard InChI is InChI=1S/C36H60O4/c1-23(2)9-8-10-24(3)28-11-12-29-32-30(14-16-35(28,29)6)34(5)15-13-27(19-25(34)20-31(32)38)40-33(4)17-18-36(7,39)26(21-33)22-37/h17-18,20,23-24,26-32,37-39H,8-16,19,21-22H2,1-7H3. The first-order valence-corrected chi connectivity index (χ1v) is 16.8. The van der Waals surface area contributed by atoms with Crippen LogP contribution in [0.3, 0.4) is 0 Å². The molecule has 12 unspecified atom stereocenters. The number of hydrogen-bond acceptors (Lipinski definition) is 4. The van der Waals surface area contributed by atoms with Crippen LogP contribution in [0.25, 0.3) is 0 Å². The highest BCUT2D eigenvalue weighted by Gasteiger charge is 2.61. The zero-order valence-corrected chi connectivity index (χ0v) is 26.7. The topological polar surface area (TPSA) is 69.9 Å². The van der Waals surface area contributed by atoms with Gasteiger partial charge in [0, 0.05) is 12.5 Å². The largest absolute Gasteiger partial charge is 0.396 e. The molecular weight excluding hydrogens is 496 g/mol. The number of aliphatic hydroxyl groups excluding tert-OH is 2. The van der Waals surface area contributed by atoms with Gasteiger partial charge in [0.2, 0.25) is 0 Å². The van der Waals surface area contributed by atoms with Gasteiger partial charge in [0.15, 0.2) is 0 Å². The van der Waals surface area contributed by atoms with Crippen molar-refractivity contribution >= 4 is 0 Å². The molecule has 0 bridgehead atoms. The summed E-state index contributed by atoms with van der Waals surface area (Å²) in [5, 5.41) is 32.3. The third kappa shape index (κ3) is 5.42. The summed E-state index contributed by atoms with van der Waals surface area (Å²) in [5.41, 5.74) is 0.475. The predicted molar refractivity (Wildman–Crippen MR) is 163 cm³/mol. The molecule has 0 amide bonds. The summed E-state index contributed by atoms with van der Waals surface area (Å²) in [4.78, 5) is 0. The van der Waals surface area contributed by atoms with E-state index in [1.165, 1.54) is 50.5 Å². The van der Waals surface area contributed by atoms with E-state index in [1.54, 1.807) is 6.92 Å². The average Bonchev–Trinajstić information content (AvgIpc) is 3.23. The molecular formula is C36H60O4. The molecule has 5 aliphatic carbocycles. The van der Waals surface area contributed by atoms with Gasteiger partial charge in [-0.3, -0.25) is 0 Å². The van der Waals surface area contributed by atoms with E-state index in [9.17, 15) is 15.3 Å². The Hall–Kier alpha value is -0.680. The zero-order valence-electron chi connectivity index (χ0n) is 26.7. The molecule has 4 heteroatoms. The summed E-state index contributed by atoms with van der Waals surface area (Å²) in [7, 11) is 0. The third-order valence-corrected chi connectivity index (χ3v) is 13.2. The van der Waals surface area contributed by atoms with Crippen molar-refractivity contribution in [2.75, 3.05) is 6.61 Å². The van der Waals surface area contributed by atoms with E-state index in [0.29, 0.717) is 29.6 Å². The summed E-state index contributed by atoms with van der Waals surface area (Å²) in [6, 6.07) is 0. The van der Waals surface area contributed by atoms with Crippen LogP contribution in [-0.4, -0.2) is 45.3 Å². The van der Waals surface area contributed by atoms with E-state index in [1.807, 2.05) is 12.2 Å². The first-order valence-electron chi connectivity index (χ1n) is 16.8. The van der Waals surface area contributed by atoms with Gasteiger partial charge in [0.25, 0.3) is 0 Å². The van der Waals surface area contributed by atoms with Gasteiger partial charge in [-0.2, -0.15) is 0 Å². The van der Waals surface area contributed by atoms with Crippen LogP contribution in [0.1, 0.15) is 119 Å². The van der Waals surface area contributed by atoms with Gasteiger partial charge in [-0.1, -0.05) is 77.7 Å². The van der Waals surface area contributed by atoms with Crippen molar-refractivity contribution in [1.29, 1.82) is 0 Å². The van der Waals surface area contributed by atoms with E-state index >= 15 is 0 Å². The fourth-order valence-electron chi connectivity index (χ4n) is 10.7. The molecule has 5 aliphatic rings. The van der Waals surface area contributed by atoms with Crippen molar-refractivity contribution in [2.45, 2.75) is 143 Å². The van der Waals surface area contributed by atoms with Crippen molar-refractivity contribution in [3.8, 4) is 0 Å². The summed E-state index contributed by atoms with van der Waals surface area (Å²) >= 11 is 0. The lowest BCUT2D eigenvalue weighted by Gasteiger charge is -2.60. The summed E-state index contributed by atoms with van der Waals surface area (Å²) in [6.07, 6.45) is 18.8. The molecule has 4 nitrogen and oxygen atoms in total. The van der Waals surface area contributed by atoms with Crippen molar-refractivity contribution in [3.63, 3.8) is 0 Å². The molecule has 0 heterocycles. The van der Waals surface area contributed by atoms with Gasteiger partial charge >= 0.3 is 0 Å². The minimum atomic E-state index is -0.992. The molecule has 228 valence electrons. The Bertz CT molecular complexity index is 968. The molecule has 0 aromatic carbocycles. The van der Waals surface area contributed by atoms with Crippen molar-refractivity contribution in [3.05, 3.63) is 23.8 Å². The van der Waals surface area contributed by atoms with Gasteiger partial charge in [-0.25, -0.2) is 0 Å². The monoisotopic (exact) mass is 556 g/mol. The van der Waals surface area contributed by atoms with E-state index in [0.717, 1.165) is 37.0 Å². The van der Waals surface area contributed by atoms with Crippen molar-refractivity contribution < 1.29 is 20.1 Å². The summed E-state index contributed by atoms with van der Waals surface area (Å²) in [6.45, 7) is 16.1. The number of ether oxygens (including phenoxy) is 1. The third-order valence-electron chi connectivity index (χ3n) is 13.2. The maximum Gasteiger partial charge on any atom is 0.0851 e. The number of fused-ring (bicyclic) bond motifs is 5.